The molecule has 1 heterocycles. The number of rotatable bonds is 20. The van der Waals surface area contributed by atoms with Crippen molar-refractivity contribution >= 4 is 23.6 Å². The van der Waals surface area contributed by atoms with Gasteiger partial charge < -0.3 is 40.1 Å². The number of carbonyl (C=O) groups excluding carboxylic acids is 4. The second-order valence-corrected chi connectivity index (χ2v) is 13.9. The van der Waals surface area contributed by atoms with Crippen LogP contribution in [0.3, 0.4) is 0 Å². The van der Waals surface area contributed by atoms with Crippen LogP contribution in [0.4, 0.5) is 0 Å². The van der Waals surface area contributed by atoms with Crippen LogP contribution in [0, 0.1) is 23.7 Å². The van der Waals surface area contributed by atoms with Gasteiger partial charge in [0.05, 0.1) is 42.7 Å². The lowest BCUT2D eigenvalue weighted by Crippen LogP contribution is -2.59. The Morgan fingerprint density at radius 2 is 1.52 bits per heavy atom. The van der Waals surface area contributed by atoms with E-state index >= 15 is 0 Å². The monoisotopic (exact) mass is 655 g/mol. The highest BCUT2D eigenvalue weighted by Gasteiger charge is 2.43. The number of nitrogens with one attached hydrogen (secondary N) is 3. The summed E-state index contributed by atoms with van der Waals surface area (Å²) in [6.45, 7) is 15.5. The lowest BCUT2D eigenvalue weighted by atomic mass is 9.89. The van der Waals surface area contributed by atoms with Gasteiger partial charge in [0.2, 0.25) is 23.6 Å². The van der Waals surface area contributed by atoms with E-state index in [1.165, 1.54) is 0 Å². The number of methoxy groups -OCH3 is 2. The maximum Gasteiger partial charge on any atom is 0.245 e. The average Bonchev–Trinajstić information content (AvgIpc) is 3.48. The molecule has 1 unspecified atom stereocenters. The first-order chi connectivity index (χ1) is 21.6. The Labute approximate surface area is 279 Å². The topological polar surface area (TPSA) is 133 Å². The lowest BCUT2D eigenvalue weighted by molar-refractivity contribution is -0.147. The minimum absolute atomic E-state index is 0.0166. The van der Waals surface area contributed by atoms with Crippen molar-refractivity contribution in [2.24, 2.45) is 23.7 Å². The molecule has 0 aliphatic carbocycles. The van der Waals surface area contributed by atoms with Crippen molar-refractivity contribution in [2.75, 3.05) is 62.0 Å². The molecule has 4 amide bonds. The number of ether oxygens (including phenoxy) is 2. The van der Waals surface area contributed by atoms with Crippen LogP contribution in [0.1, 0.15) is 74.1 Å². The summed E-state index contributed by atoms with van der Waals surface area (Å²) in [7, 11) is 10.6. The largest absolute Gasteiger partial charge is 0.379 e. The van der Waals surface area contributed by atoms with Crippen LogP contribution in [0.25, 0.3) is 0 Å². The molecule has 0 radical (unpaired) electrons. The first-order valence-electron chi connectivity index (χ1n) is 17.1. The molecule has 0 spiro atoms. The molecule has 0 aromatic rings. The Bertz CT molecular complexity index is 962. The van der Waals surface area contributed by atoms with Gasteiger partial charge in [0, 0.05) is 40.9 Å². The van der Waals surface area contributed by atoms with Crippen molar-refractivity contribution in [1.29, 1.82) is 0 Å². The Morgan fingerprint density at radius 1 is 0.913 bits per heavy atom. The standard InChI is InChI=1S/C34H66N6O6/c1-14-23(6)30(39(11)34(44)29(22(4)5)37-33(43)28(35-8)21(2)3)26(45-12)20-27(41)40-18-15-16-25(40)31(46-13)24(7)32(42)36-17-19-38(9)10/h21-26,28-31,35H,14-20H2,1-13H3,(H,36,42)(H,37,43)/t23-,24+,25-,26-,28-,29-,30-,31?/m0/s1. The van der Waals surface area contributed by atoms with Gasteiger partial charge in [0.25, 0.3) is 0 Å². The molecule has 1 saturated heterocycles. The number of likely N-dealkylation sites (tertiary alicyclic amines) is 1. The predicted octanol–water partition coefficient (Wildman–Crippen LogP) is 1.97. The van der Waals surface area contributed by atoms with E-state index < -0.39 is 36.3 Å². The van der Waals surface area contributed by atoms with Gasteiger partial charge in [0.15, 0.2) is 0 Å². The molecule has 3 N–H and O–H groups in total. The van der Waals surface area contributed by atoms with E-state index in [2.05, 4.69) is 29.8 Å². The zero-order chi connectivity index (χ0) is 35.3. The van der Waals surface area contributed by atoms with E-state index in [0.29, 0.717) is 13.1 Å². The molecule has 12 heteroatoms. The maximum atomic E-state index is 14.0. The molecule has 8 atom stereocenters. The molecule has 0 saturated carbocycles. The van der Waals surface area contributed by atoms with E-state index in [9.17, 15) is 19.2 Å². The molecule has 1 rings (SSSR count). The number of amides is 4. The normalized spacial score (nSPS) is 19.8. The summed E-state index contributed by atoms with van der Waals surface area (Å²) in [5.74, 6) is -1.14. The van der Waals surface area contributed by atoms with E-state index in [-0.39, 0.29) is 53.8 Å². The SMILES string of the molecule is CC[C@H](C)[C@@H]([C@H](CC(=O)N1CCC[C@H]1C(OC)[C@@H](C)C(=O)NCCN(C)C)OC)N(C)C(=O)[C@@H](NC(=O)[C@@H](NC)C(C)C)C(C)C. The van der Waals surface area contributed by atoms with E-state index in [0.717, 1.165) is 25.8 Å². The van der Waals surface area contributed by atoms with Crippen molar-refractivity contribution in [3.05, 3.63) is 0 Å². The molecule has 1 aliphatic rings. The second kappa shape index (κ2) is 20.2. The Hall–Kier alpha value is -2.28. The van der Waals surface area contributed by atoms with Crippen molar-refractivity contribution in [3.63, 3.8) is 0 Å². The highest BCUT2D eigenvalue weighted by Crippen LogP contribution is 2.29. The summed E-state index contributed by atoms with van der Waals surface area (Å²) >= 11 is 0. The molecule has 0 bridgehead atoms. The van der Waals surface area contributed by atoms with E-state index in [1.54, 1.807) is 33.2 Å². The van der Waals surface area contributed by atoms with Crippen LogP contribution in [0.5, 0.6) is 0 Å². The summed E-state index contributed by atoms with van der Waals surface area (Å²) in [5.41, 5.74) is 0. The maximum absolute atomic E-state index is 14.0. The van der Waals surface area contributed by atoms with Crippen LogP contribution < -0.4 is 16.0 Å². The molecule has 0 aromatic heterocycles. The van der Waals surface area contributed by atoms with Gasteiger partial charge in [-0.05, 0) is 51.7 Å². The van der Waals surface area contributed by atoms with Gasteiger partial charge in [0.1, 0.15) is 6.04 Å². The first-order valence-corrected chi connectivity index (χ1v) is 17.1. The number of hydrogen-bond acceptors (Lipinski definition) is 8. The summed E-state index contributed by atoms with van der Waals surface area (Å²) in [5, 5.41) is 9.02. The third-order valence-electron chi connectivity index (χ3n) is 9.61. The fraction of sp³-hybridized carbons (Fsp3) is 0.882. The third-order valence-corrected chi connectivity index (χ3v) is 9.61. The highest BCUT2D eigenvalue weighted by atomic mass is 16.5. The van der Waals surface area contributed by atoms with Crippen molar-refractivity contribution < 1.29 is 28.7 Å². The Kier molecular flexibility index (Phi) is 18.3. The van der Waals surface area contributed by atoms with Gasteiger partial charge in [-0.2, -0.15) is 0 Å². The van der Waals surface area contributed by atoms with Crippen LogP contribution >= 0.6 is 0 Å². The average molecular weight is 655 g/mol. The van der Waals surface area contributed by atoms with Crippen molar-refractivity contribution in [2.45, 2.75) is 111 Å². The number of likely N-dealkylation sites (N-methyl/N-ethyl adjacent to an activating group) is 3. The fourth-order valence-electron chi connectivity index (χ4n) is 6.61. The van der Waals surface area contributed by atoms with Crippen molar-refractivity contribution in [3.8, 4) is 0 Å². The smallest absolute Gasteiger partial charge is 0.245 e. The third kappa shape index (κ3) is 11.5. The number of carbonyl (C=O) groups is 4. The minimum Gasteiger partial charge on any atom is -0.379 e. The van der Waals surface area contributed by atoms with Gasteiger partial charge in [-0.15, -0.1) is 0 Å². The molecule has 1 aliphatic heterocycles. The summed E-state index contributed by atoms with van der Waals surface area (Å²) < 4.78 is 11.8. The van der Waals surface area contributed by atoms with Crippen LogP contribution in [-0.4, -0.2) is 137 Å². The Balaban J connectivity index is 3.20. The van der Waals surface area contributed by atoms with Crippen LogP contribution in [-0.2, 0) is 28.7 Å². The molecule has 268 valence electrons. The zero-order valence-corrected chi connectivity index (χ0v) is 31.0. The molecule has 46 heavy (non-hydrogen) atoms. The van der Waals surface area contributed by atoms with Gasteiger partial charge in [-0.3, -0.25) is 19.2 Å². The van der Waals surface area contributed by atoms with Gasteiger partial charge in [-0.25, -0.2) is 0 Å². The molecule has 12 nitrogen and oxygen atoms in total. The highest BCUT2D eigenvalue weighted by molar-refractivity contribution is 5.90. The predicted molar refractivity (Wildman–Crippen MR) is 182 cm³/mol. The van der Waals surface area contributed by atoms with E-state index in [1.807, 2.05) is 58.5 Å². The summed E-state index contributed by atoms with van der Waals surface area (Å²) in [4.78, 5) is 59.6. The lowest BCUT2D eigenvalue weighted by Gasteiger charge is -2.41. The fourth-order valence-corrected chi connectivity index (χ4v) is 6.61. The minimum atomic E-state index is -0.734. The number of hydrogen-bond donors (Lipinski definition) is 3. The molecular weight excluding hydrogens is 588 g/mol. The van der Waals surface area contributed by atoms with Crippen molar-refractivity contribution in [1.82, 2.24) is 30.7 Å². The van der Waals surface area contributed by atoms with Crippen LogP contribution in [0.15, 0.2) is 0 Å². The Morgan fingerprint density at radius 3 is 2.00 bits per heavy atom. The van der Waals surface area contributed by atoms with E-state index in [4.69, 9.17) is 9.47 Å². The summed E-state index contributed by atoms with van der Waals surface area (Å²) in [6.07, 6.45) is 1.37. The second-order valence-electron chi connectivity index (χ2n) is 13.9. The molecular formula is C34H66N6O6. The van der Waals surface area contributed by atoms with Gasteiger partial charge >= 0.3 is 0 Å². The quantitative estimate of drug-likeness (QED) is 0.182. The number of nitrogens with zero attached hydrogens (tertiary/aromatic N) is 3. The zero-order valence-electron chi connectivity index (χ0n) is 31.0. The first kappa shape index (κ1) is 41.7. The molecule has 1 fully saturated rings. The van der Waals surface area contributed by atoms with Crippen LogP contribution in [0.2, 0.25) is 0 Å². The molecule has 0 aromatic carbocycles. The van der Waals surface area contributed by atoms with Gasteiger partial charge in [-0.1, -0.05) is 54.9 Å². The summed E-state index contributed by atoms with van der Waals surface area (Å²) in [6, 6.07) is -1.81.